The minimum Gasteiger partial charge on any atom is -0.379 e. The molecule has 1 aliphatic carbocycles. The maximum Gasteiger partial charge on any atom is 0.198 e. The number of amidine groups is 1. The van der Waals surface area contributed by atoms with Gasteiger partial charge in [-0.1, -0.05) is 31.0 Å². The summed E-state index contributed by atoms with van der Waals surface area (Å²) in [6.45, 7) is 9.99. The Kier molecular flexibility index (Phi) is 5.48. The van der Waals surface area contributed by atoms with Crippen LogP contribution in [0.5, 0.6) is 0 Å². The number of ether oxygens (including phenoxy) is 1. The molecule has 1 saturated carbocycles. The third kappa shape index (κ3) is 3.62. The molecule has 1 aromatic rings. The number of hydrogen-bond donors (Lipinski definition) is 1. The van der Waals surface area contributed by atoms with E-state index in [1.807, 2.05) is 0 Å². The summed E-state index contributed by atoms with van der Waals surface area (Å²) >= 11 is 5.73. The molecule has 146 valence electrons. The monoisotopic (exact) mass is 386 g/mol. The molecular formula is C21H30N4OS. The second-order valence-electron chi connectivity index (χ2n) is 7.98. The Balaban J connectivity index is 1.53. The first-order valence-electron chi connectivity index (χ1n) is 10.1. The first-order valence-corrected chi connectivity index (χ1v) is 10.6. The molecule has 4 rings (SSSR count). The van der Waals surface area contributed by atoms with Gasteiger partial charge < -0.3 is 15.0 Å². The summed E-state index contributed by atoms with van der Waals surface area (Å²) in [7, 11) is 0. The van der Waals surface area contributed by atoms with Gasteiger partial charge in [0.1, 0.15) is 11.4 Å². The molecule has 0 unspecified atom stereocenters. The number of hydrogen-bond acceptors (Lipinski definition) is 4. The van der Waals surface area contributed by atoms with Gasteiger partial charge in [0.2, 0.25) is 0 Å². The second-order valence-corrected chi connectivity index (χ2v) is 8.34. The summed E-state index contributed by atoms with van der Waals surface area (Å²) in [5.41, 5.74) is 3.64. The molecule has 3 aliphatic rings. The summed E-state index contributed by atoms with van der Waals surface area (Å²) in [6, 6.07) is 6.41. The molecular weight excluding hydrogens is 356 g/mol. The third-order valence-corrected chi connectivity index (χ3v) is 6.61. The van der Waals surface area contributed by atoms with Crippen LogP contribution in [0.1, 0.15) is 36.8 Å². The molecule has 5 nitrogen and oxygen atoms in total. The molecule has 2 fully saturated rings. The molecule has 6 heteroatoms. The fourth-order valence-corrected chi connectivity index (χ4v) is 5.05. The van der Waals surface area contributed by atoms with E-state index in [1.165, 1.54) is 29.7 Å². The third-order valence-electron chi connectivity index (χ3n) is 6.29. The summed E-state index contributed by atoms with van der Waals surface area (Å²) in [5, 5.41) is 4.44. The van der Waals surface area contributed by atoms with Crippen LogP contribution in [-0.4, -0.2) is 65.7 Å². The molecule has 2 heterocycles. The molecule has 0 aromatic heterocycles. The fraction of sp³-hybridized carbons (Fsp3) is 0.619. The number of aryl methyl sites for hydroxylation is 2. The van der Waals surface area contributed by atoms with Crippen molar-refractivity contribution < 1.29 is 4.74 Å². The van der Waals surface area contributed by atoms with Crippen molar-refractivity contribution in [2.24, 2.45) is 4.99 Å². The minimum absolute atomic E-state index is 0.0436. The molecule has 1 saturated heterocycles. The van der Waals surface area contributed by atoms with Crippen molar-refractivity contribution >= 4 is 28.9 Å². The maximum atomic E-state index is 5.73. The van der Waals surface area contributed by atoms with Gasteiger partial charge in [-0.2, -0.15) is 0 Å². The Morgan fingerprint density at radius 3 is 2.44 bits per heavy atom. The zero-order valence-corrected chi connectivity index (χ0v) is 17.3. The molecule has 1 aromatic carbocycles. The number of aliphatic imine (C=N–C) groups is 1. The van der Waals surface area contributed by atoms with Gasteiger partial charge in [-0.3, -0.25) is 4.90 Å². The van der Waals surface area contributed by atoms with Crippen LogP contribution < -0.4 is 5.32 Å². The van der Waals surface area contributed by atoms with Gasteiger partial charge in [0.15, 0.2) is 5.11 Å². The summed E-state index contributed by atoms with van der Waals surface area (Å²) in [6.07, 6.45) is 4.74. The topological polar surface area (TPSA) is 40.1 Å². The number of para-hydroxylation sites is 1. The minimum atomic E-state index is -0.0436. The van der Waals surface area contributed by atoms with E-state index in [0.717, 1.165) is 63.2 Å². The number of morpholine rings is 1. The average molecular weight is 387 g/mol. The Labute approximate surface area is 167 Å². The van der Waals surface area contributed by atoms with Gasteiger partial charge in [0.05, 0.1) is 13.2 Å². The number of rotatable bonds is 4. The molecule has 0 bridgehead atoms. The zero-order chi connectivity index (χ0) is 18.9. The lowest BCUT2D eigenvalue weighted by atomic mass is 9.94. The Morgan fingerprint density at radius 1 is 1.11 bits per heavy atom. The molecule has 0 radical (unpaired) electrons. The maximum absolute atomic E-state index is 5.73. The number of nitrogens with one attached hydrogen (secondary N) is 1. The van der Waals surface area contributed by atoms with Crippen molar-refractivity contribution in [3.63, 3.8) is 0 Å². The fourth-order valence-electron chi connectivity index (χ4n) is 4.69. The summed E-state index contributed by atoms with van der Waals surface area (Å²) < 4.78 is 5.48. The number of nitrogens with zero attached hydrogens (tertiary/aromatic N) is 3. The predicted octanol–water partition coefficient (Wildman–Crippen LogP) is 3.36. The van der Waals surface area contributed by atoms with Crippen molar-refractivity contribution in [1.82, 2.24) is 9.80 Å². The smallest absolute Gasteiger partial charge is 0.198 e. The highest BCUT2D eigenvalue weighted by Gasteiger charge is 2.49. The van der Waals surface area contributed by atoms with Crippen molar-refractivity contribution in [1.29, 1.82) is 0 Å². The lowest BCUT2D eigenvalue weighted by molar-refractivity contribution is 0.0341. The largest absolute Gasteiger partial charge is 0.379 e. The van der Waals surface area contributed by atoms with Crippen LogP contribution in [0.3, 0.4) is 0 Å². The van der Waals surface area contributed by atoms with Crippen LogP contribution in [0, 0.1) is 13.8 Å². The van der Waals surface area contributed by atoms with Crippen molar-refractivity contribution in [2.75, 3.05) is 44.7 Å². The Hall–Kier alpha value is -1.50. The highest BCUT2D eigenvalue weighted by molar-refractivity contribution is 7.80. The Bertz CT molecular complexity index is 715. The van der Waals surface area contributed by atoms with E-state index in [-0.39, 0.29) is 5.54 Å². The lowest BCUT2D eigenvalue weighted by Gasteiger charge is -2.39. The summed E-state index contributed by atoms with van der Waals surface area (Å²) in [5.74, 6) is 1.06. The van der Waals surface area contributed by atoms with E-state index in [2.05, 4.69) is 47.2 Å². The normalized spacial score (nSPS) is 22.5. The highest BCUT2D eigenvalue weighted by atomic mass is 32.1. The SMILES string of the molecule is Cc1cccc(C)c1NC1=NC(=S)N(CCN2CCOCC2)C12CCCC2. The van der Waals surface area contributed by atoms with Crippen molar-refractivity contribution in [2.45, 2.75) is 45.1 Å². The molecule has 27 heavy (non-hydrogen) atoms. The predicted molar refractivity (Wildman–Crippen MR) is 115 cm³/mol. The van der Waals surface area contributed by atoms with Crippen LogP contribution in [-0.2, 0) is 4.74 Å². The first-order chi connectivity index (χ1) is 13.1. The van der Waals surface area contributed by atoms with Crippen LogP contribution in [0.25, 0.3) is 0 Å². The van der Waals surface area contributed by atoms with Crippen molar-refractivity contribution in [3.8, 4) is 0 Å². The lowest BCUT2D eigenvalue weighted by Crippen LogP contribution is -2.54. The first kappa shape index (κ1) is 18.8. The van der Waals surface area contributed by atoms with Crippen LogP contribution in [0.4, 0.5) is 5.69 Å². The van der Waals surface area contributed by atoms with E-state index >= 15 is 0 Å². The van der Waals surface area contributed by atoms with E-state index in [0.29, 0.717) is 0 Å². The molecule has 1 N–H and O–H groups in total. The van der Waals surface area contributed by atoms with Crippen molar-refractivity contribution in [3.05, 3.63) is 29.3 Å². The van der Waals surface area contributed by atoms with Gasteiger partial charge in [0, 0.05) is 31.9 Å². The second kappa shape index (κ2) is 7.86. The highest BCUT2D eigenvalue weighted by Crippen LogP contribution is 2.41. The van der Waals surface area contributed by atoms with Gasteiger partial charge in [-0.15, -0.1) is 0 Å². The average Bonchev–Trinajstić information content (AvgIpc) is 3.24. The number of benzene rings is 1. The number of anilines is 1. The quantitative estimate of drug-likeness (QED) is 0.804. The summed E-state index contributed by atoms with van der Waals surface area (Å²) in [4.78, 5) is 9.75. The van der Waals surface area contributed by atoms with Crippen LogP contribution in [0.15, 0.2) is 23.2 Å². The van der Waals surface area contributed by atoms with E-state index in [9.17, 15) is 0 Å². The number of thiocarbonyl (C=S) groups is 1. The van der Waals surface area contributed by atoms with Gasteiger partial charge in [0.25, 0.3) is 0 Å². The standard InChI is InChI=1S/C21H30N4OS/c1-16-6-5-7-17(2)18(16)22-19-21(8-3-4-9-21)25(20(27)23-19)11-10-24-12-14-26-15-13-24/h5-7H,3-4,8-15H2,1-2H3,(H,22,23,27). The van der Waals surface area contributed by atoms with Crippen LogP contribution >= 0.6 is 12.2 Å². The zero-order valence-electron chi connectivity index (χ0n) is 16.5. The Morgan fingerprint density at radius 2 is 1.78 bits per heavy atom. The molecule has 0 atom stereocenters. The van der Waals surface area contributed by atoms with Crippen LogP contribution in [0.2, 0.25) is 0 Å². The van der Waals surface area contributed by atoms with Gasteiger partial charge in [-0.05, 0) is 50.0 Å². The molecule has 0 amide bonds. The van der Waals surface area contributed by atoms with E-state index < -0.39 is 0 Å². The van der Waals surface area contributed by atoms with Gasteiger partial charge in [-0.25, -0.2) is 4.99 Å². The van der Waals surface area contributed by atoms with E-state index in [4.69, 9.17) is 21.9 Å². The molecule has 1 spiro atoms. The van der Waals surface area contributed by atoms with Gasteiger partial charge >= 0.3 is 0 Å². The van der Waals surface area contributed by atoms with E-state index in [1.54, 1.807) is 0 Å². The molecule has 2 aliphatic heterocycles.